The largest absolute Gasteiger partial charge is 0.371 e. The summed E-state index contributed by atoms with van der Waals surface area (Å²) < 4.78 is 0. The van der Waals surface area contributed by atoms with E-state index in [1.165, 1.54) is 62.9 Å². The zero-order valence-electron chi connectivity index (χ0n) is 11.8. The van der Waals surface area contributed by atoms with Crippen LogP contribution < -0.4 is 4.90 Å². The first-order chi connectivity index (χ1) is 9.22. The summed E-state index contributed by atoms with van der Waals surface area (Å²) in [6.07, 6.45) is 10.5. The monoisotopic (exact) mass is 278 g/mol. The van der Waals surface area contributed by atoms with Crippen molar-refractivity contribution in [1.82, 2.24) is 4.98 Å². The molecule has 0 bridgehead atoms. The van der Waals surface area contributed by atoms with Crippen molar-refractivity contribution >= 4 is 17.3 Å². The topological polar surface area (TPSA) is 16.1 Å². The van der Waals surface area contributed by atoms with Crippen LogP contribution in [0.25, 0.3) is 0 Å². The highest BCUT2D eigenvalue weighted by atomic mass is 35.5. The number of piperidine rings is 1. The molecule has 2 nitrogen and oxygen atoms in total. The van der Waals surface area contributed by atoms with Gasteiger partial charge in [-0.3, -0.25) is 4.98 Å². The Bertz CT molecular complexity index is 442. The first-order valence-electron chi connectivity index (χ1n) is 7.49. The van der Waals surface area contributed by atoms with Gasteiger partial charge in [-0.15, -0.1) is 11.6 Å². The van der Waals surface area contributed by atoms with E-state index in [9.17, 15) is 0 Å². The van der Waals surface area contributed by atoms with Crippen LogP contribution in [0.3, 0.4) is 0 Å². The number of nitrogens with zero attached hydrogens (tertiary/aromatic N) is 2. The number of aromatic nitrogens is 1. The minimum absolute atomic E-state index is 0.560. The quantitative estimate of drug-likeness (QED) is 0.750. The van der Waals surface area contributed by atoms with Crippen LogP contribution in [-0.2, 0) is 5.88 Å². The highest BCUT2D eigenvalue weighted by Crippen LogP contribution is 2.46. The molecule has 3 heteroatoms. The second-order valence-electron chi connectivity index (χ2n) is 6.28. The summed E-state index contributed by atoms with van der Waals surface area (Å²) in [5, 5.41) is 0. The molecule has 1 spiro atoms. The van der Waals surface area contributed by atoms with E-state index in [-0.39, 0.29) is 0 Å². The molecule has 1 aromatic rings. The molecule has 2 fully saturated rings. The summed E-state index contributed by atoms with van der Waals surface area (Å²) in [5.74, 6) is 0.560. The second kappa shape index (κ2) is 5.32. The van der Waals surface area contributed by atoms with Crippen LogP contribution in [0.5, 0.6) is 0 Å². The van der Waals surface area contributed by atoms with Crippen molar-refractivity contribution in [2.75, 3.05) is 18.0 Å². The number of hydrogen-bond donors (Lipinski definition) is 0. The minimum atomic E-state index is 0.560. The van der Waals surface area contributed by atoms with Gasteiger partial charge in [0.2, 0.25) is 0 Å². The lowest BCUT2D eigenvalue weighted by molar-refractivity contribution is 0.226. The van der Waals surface area contributed by atoms with Gasteiger partial charge in [-0.2, -0.15) is 0 Å². The smallest absolute Gasteiger partial charge is 0.0509 e. The van der Waals surface area contributed by atoms with Crippen LogP contribution in [0.15, 0.2) is 12.3 Å². The third-order valence-electron chi connectivity index (χ3n) is 5.07. The van der Waals surface area contributed by atoms with Crippen molar-refractivity contribution in [2.24, 2.45) is 5.41 Å². The summed E-state index contributed by atoms with van der Waals surface area (Å²) in [5.41, 5.74) is 4.26. The number of alkyl halides is 1. The van der Waals surface area contributed by atoms with Crippen molar-refractivity contribution in [3.63, 3.8) is 0 Å². The van der Waals surface area contributed by atoms with E-state index < -0.39 is 0 Å². The van der Waals surface area contributed by atoms with Gasteiger partial charge in [0.25, 0.3) is 0 Å². The first kappa shape index (κ1) is 13.2. The Kier molecular flexibility index (Phi) is 3.70. The fourth-order valence-electron chi connectivity index (χ4n) is 3.82. The van der Waals surface area contributed by atoms with E-state index in [1.807, 2.05) is 6.20 Å². The Morgan fingerprint density at radius 3 is 2.53 bits per heavy atom. The predicted octanol–water partition coefficient (Wildman–Crippen LogP) is 4.29. The third-order valence-corrected chi connectivity index (χ3v) is 5.36. The van der Waals surface area contributed by atoms with Gasteiger partial charge in [-0.05, 0) is 44.1 Å². The van der Waals surface area contributed by atoms with E-state index in [4.69, 9.17) is 11.6 Å². The lowest BCUT2D eigenvalue weighted by Crippen LogP contribution is -2.39. The average molecular weight is 279 g/mol. The van der Waals surface area contributed by atoms with Gasteiger partial charge in [0.15, 0.2) is 0 Å². The molecule has 0 N–H and O–H groups in total. The number of halogens is 1. The Morgan fingerprint density at radius 1 is 1.21 bits per heavy atom. The number of pyridine rings is 1. The van der Waals surface area contributed by atoms with Gasteiger partial charge in [-0.1, -0.05) is 12.8 Å². The van der Waals surface area contributed by atoms with Gasteiger partial charge in [0.1, 0.15) is 0 Å². The van der Waals surface area contributed by atoms with Gasteiger partial charge >= 0.3 is 0 Å². The lowest BCUT2D eigenvalue weighted by Gasteiger charge is -2.41. The summed E-state index contributed by atoms with van der Waals surface area (Å²) in [6.45, 7) is 4.44. The number of hydrogen-bond acceptors (Lipinski definition) is 2. The molecule has 2 aliphatic rings. The molecule has 0 radical (unpaired) electrons. The normalized spacial score (nSPS) is 22.1. The fraction of sp³-hybridized carbons (Fsp3) is 0.688. The van der Waals surface area contributed by atoms with Gasteiger partial charge in [0, 0.05) is 36.2 Å². The Labute approximate surface area is 121 Å². The van der Waals surface area contributed by atoms with E-state index in [0.29, 0.717) is 11.3 Å². The molecule has 0 unspecified atom stereocenters. The lowest BCUT2D eigenvalue weighted by atomic mass is 9.77. The average Bonchev–Trinajstić information content (AvgIpc) is 2.88. The fourth-order valence-corrected chi connectivity index (χ4v) is 4.02. The van der Waals surface area contributed by atoms with Crippen molar-refractivity contribution in [1.29, 1.82) is 0 Å². The molecule has 0 aromatic carbocycles. The molecule has 1 aromatic heterocycles. The van der Waals surface area contributed by atoms with Gasteiger partial charge < -0.3 is 4.90 Å². The molecule has 2 heterocycles. The van der Waals surface area contributed by atoms with Crippen LogP contribution in [0.1, 0.15) is 49.8 Å². The zero-order chi connectivity index (χ0) is 13.3. The summed E-state index contributed by atoms with van der Waals surface area (Å²) in [7, 11) is 0. The van der Waals surface area contributed by atoms with E-state index in [1.54, 1.807) is 0 Å². The maximum Gasteiger partial charge on any atom is 0.0509 e. The number of aryl methyl sites for hydroxylation is 1. The molecule has 1 saturated heterocycles. The van der Waals surface area contributed by atoms with Crippen molar-refractivity contribution < 1.29 is 0 Å². The molecular weight excluding hydrogens is 256 g/mol. The molecule has 1 aliphatic heterocycles. The van der Waals surface area contributed by atoms with E-state index >= 15 is 0 Å². The Balaban J connectivity index is 1.76. The SMILES string of the molecule is Cc1cc(N2CCC3(CCCC3)CC2)c(CCl)cn1. The Morgan fingerprint density at radius 2 is 1.89 bits per heavy atom. The summed E-state index contributed by atoms with van der Waals surface area (Å²) in [6, 6.07) is 2.20. The maximum atomic E-state index is 6.06. The molecule has 104 valence electrons. The highest BCUT2D eigenvalue weighted by Gasteiger charge is 2.37. The molecule has 19 heavy (non-hydrogen) atoms. The van der Waals surface area contributed by atoms with Gasteiger partial charge in [-0.25, -0.2) is 0 Å². The first-order valence-corrected chi connectivity index (χ1v) is 8.02. The maximum absolute atomic E-state index is 6.06. The number of anilines is 1. The van der Waals surface area contributed by atoms with Crippen LogP contribution in [0.2, 0.25) is 0 Å². The molecule has 0 atom stereocenters. The highest BCUT2D eigenvalue weighted by molar-refractivity contribution is 6.17. The molecule has 1 saturated carbocycles. The van der Waals surface area contributed by atoms with Crippen LogP contribution >= 0.6 is 11.6 Å². The molecule has 0 amide bonds. The minimum Gasteiger partial charge on any atom is -0.371 e. The summed E-state index contributed by atoms with van der Waals surface area (Å²) >= 11 is 6.06. The standard InChI is InChI=1S/C16H23ClN2/c1-13-10-15(14(11-17)12-18-13)19-8-6-16(7-9-19)4-2-3-5-16/h10,12H,2-9,11H2,1H3. The molecular formula is C16H23ClN2. The van der Waals surface area contributed by atoms with Crippen molar-refractivity contribution in [2.45, 2.75) is 51.3 Å². The Hall–Kier alpha value is -0.760. The van der Waals surface area contributed by atoms with E-state index in [2.05, 4.69) is 22.9 Å². The third kappa shape index (κ3) is 2.60. The second-order valence-corrected chi connectivity index (χ2v) is 6.55. The van der Waals surface area contributed by atoms with Crippen LogP contribution in [0.4, 0.5) is 5.69 Å². The zero-order valence-corrected chi connectivity index (χ0v) is 12.5. The molecule has 1 aliphatic carbocycles. The summed E-state index contributed by atoms with van der Waals surface area (Å²) in [4.78, 5) is 6.89. The van der Waals surface area contributed by atoms with Gasteiger partial charge in [0.05, 0.1) is 5.88 Å². The van der Waals surface area contributed by atoms with Crippen LogP contribution in [0, 0.1) is 12.3 Å². The number of rotatable bonds is 2. The van der Waals surface area contributed by atoms with Crippen LogP contribution in [-0.4, -0.2) is 18.1 Å². The predicted molar refractivity (Wildman–Crippen MR) is 80.9 cm³/mol. The van der Waals surface area contributed by atoms with Crippen molar-refractivity contribution in [3.05, 3.63) is 23.5 Å². The molecule has 3 rings (SSSR count). The van der Waals surface area contributed by atoms with Crippen molar-refractivity contribution in [3.8, 4) is 0 Å². The van der Waals surface area contributed by atoms with E-state index in [0.717, 1.165) is 5.69 Å².